The minimum atomic E-state index is -0.648. The summed E-state index contributed by atoms with van der Waals surface area (Å²) in [5.74, 6) is -0.0520. The molecule has 1 aliphatic heterocycles. The van der Waals surface area contributed by atoms with Gasteiger partial charge in [-0.05, 0) is 30.7 Å². The minimum absolute atomic E-state index is 0.284. The van der Waals surface area contributed by atoms with E-state index in [1.807, 2.05) is 18.2 Å². The zero-order chi connectivity index (χ0) is 13.2. The van der Waals surface area contributed by atoms with Crippen LogP contribution in [0.3, 0.4) is 0 Å². The lowest BCUT2D eigenvalue weighted by Crippen LogP contribution is -2.41. The number of benzene rings is 1. The molecule has 3 nitrogen and oxygen atoms in total. The summed E-state index contributed by atoms with van der Waals surface area (Å²) in [5.41, 5.74) is 1.22. The van der Waals surface area contributed by atoms with Gasteiger partial charge in [0.2, 0.25) is 0 Å². The number of carbonyl (C=O) groups is 1. The van der Waals surface area contributed by atoms with E-state index in [0.29, 0.717) is 12.0 Å². The van der Waals surface area contributed by atoms with Gasteiger partial charge in [-0.25, -0.2) is 0 Å². The largest absolute Gasteiger partial charge is 0.480 e. The monoisotopic (exact) mass is 259 g/mol. The van der Waals surface area contributed by atoms with Gasteiger partial charge in [0.05, 0.1) is 0 Å². The summed E-state index contributed by atoms with van der Waals surface area (Å²) < 4.78 is 0. The van der Waals surface area contributed by atoms with Crippen molar-refractivity contribution in [3.8, 4) is 0 Å². The lowest BCUT2D eigenvalue weighted by Gasteiger charge is -2.33. The molecule has 3 heteroatoms. The van der Waals surface area contributed by atoms with E-state index in [2.05, 4.69) is 17.0 Å². The Morgan fingerprint density at radius 1 is 1.21 bits per heavy atom. The second-order valence-electron chi connectivity index (χ2n) is 5.86. The Hall–Kier alpha value is -1.35. The van der Waals surface area contributed by atoms with Gasteiger partial charge in [-0.15, -0.1) is 0 Å². The molecule has 102 valence electrons. The Morgan fingerprint density at radius 2 is 1.95 bits per heavy atom. The molecule has 0 bridgehead atoms. The number of nitrogens with zero attached hydrogens (tertiary/aromatic N) is 1. The molecule has 0 aromatic heterocycles. The third-order valence-electron chi connectivity index (χ3n) is 4.71. The van der Waals surface area contributed by atoms with E-state index >= 15 is 0 Å². The van der Waals surface area contributed by atoms with Gasteiger partial charge in [0.15, 0.2) is 0 Å². The Labute approximate surface area is 114 Å². The summed E-state index contributed by atoms with van der Waals surface area (Å²) in [6, 6.07) is 10.4. The van der Waals surface area contributed by atoms with Crippen molar-refractivity contribution in [1.82, 2.24) is 4.90 Å². The molecule has 3 rings (SSSR count). The highest BCUT2D eigenvalue weighted by molar-refractivity contribution is 5.74. The molecule has 0 unspecified atom stereocenters. The fourth-order valence-electron chi connectivity index (χ4n) is 3.82. The summed E-state index contributed by atoms with van der Waals surface area (Å²) in [6.07, 6.45) is 5.74. The molecule has 1 saturated carbocycles. The van der Waals surface area contributed by atoms with Crippen LogP contribution in [-0.4, -0.2) is 28.1 Å². The highest BCUT2D eigenvalue weighted by Gasteiger charge is 2.44. The number of aliphatic carboxylic acids is 1. The van der Waals surface area contributed by atoms with E-state index in [0.717, 1.165) is 13.0 Å². The Morgan fingerprint density at radius 3 is 2.68 bits per heavy atom. The zero-order valence-corrected chi connectivity index (χ0v) is 11.2. The fraction of sp³-hybridized carbons (Fsp3) is 0.562. The van der Waals surface area contributed by atoms with Crippen LogP contribution in [0.15, 0.2) is 30.3 Å². The molecule has 0 radical (unpaired) electrons. The maximum absolute atomic E-state index is 11.5. The smallest absolute Gasteiger partial charge is 0.320 e. The molecule has 1 aromatic rings. The van der Waals surface area contributed by atoms with Crippen molar-refractivity contribution in [3.05, 3.63) is 35.9 Å². The molecule has 1 saturated heterocycles. The number of hydrogen-bond donors (Lipinski definition) is 1. The van der Waals surface area contributed by atoms with Crippen LogP contribution in [-0.2, 0) is 11.3 Å². The summed E-state index contributed by atoms with van der Waals surface area (Å²) >= 11 is 0. The molecule has 19 heavy (non-hydrogen) atoms. The van der Waals surface area contributed by atoms with E-state index in [-0.39, 0.29) is 6.04 Å². The lowest BCUT2D eigenvalue weighted by molar-refractivity contribution is -0.142. The number of hydrogen-bond acceptors (Lipinski definition) is 2. The summed E-state index contributed by atoms with van der Waals surface area (Å²) in [6.45, 7) is 0.777. The van der Waals surface area contributed by atoms with Crippen LogP contribution in [0, 0.1) is 5.92 Å². The maximum Gasteiger partial charge on any atom is 0.320 e. The number of carboxylic acids is 1. The van der Waals surface area contributed by atoms with Crippen LogP contribution in [0.2, 0.25) is 0 Å². The van der Waals surface area contributed by atoms with Crippen LogP contribution >= 0.6 is 0 Å². The third-order valence-corrected chi connectivity index (χ3v) is 4.71. The molecular weight excluding hydrogens is 238 g/mol. The SMILES string of the molecule is O=C(O)[C@@H]1C[C@H]2CCCC[C@H]2N1Cc1ccccc1. The first-order valence-electron chi connectivity index (χ1n) is 7.28. The summed E-state index contributed by atoms with van der Waals surface area (Å²) in [5, 5.41) is 9.47. The number of carboxylic acid groups (broad SMARTS) is 1. The van der Waals surface area contributed by atoms with Crippen LogP contribution in [0.25, 0.3) is 0 Å². The number of fused-ring (bicyclic) bond motifs is 1. The fourth-order valence-corrected chi connectivity index (χ4v) is 3.82. The predicted octanol–water partition coefficient (Wildman–Crippen LogP) is 2.90. The van der Waals surface area contributed by atoms with Gasteiger partial charge in [-0.1, -0.05) is 43.2 Å². The van der Waals surface area contributed by atoms with Gasteiger partial charge in [0, 0.05) is 12.6 Å². The van der Waals surface area contributed by atoms with Crippen molar-refractivity contribution in [2.24, 2.45) is 5.92 Å². The van der Waals surface area contributed by atoms with Crippen LogP contribution < -0.4 is 0 Å². The van der Waals surface area contributed by atoms with Gasteiger partial charge >= 0.3 is 5.97 Å². The average molecular weight is 259 g/mol. The molecule has 3 atom stereocenters. The third kappa shape index (κ3) is 2.52. The highest BCUT2D eigenvalue weighted by atomic mass is 16.4. The average Bonchev–Trinajstić information content (AvgIpc) is 2.79. The molecule has 1 N–H and O–H groups in total. The van der Waals surface area contributed by atoms with Crippen molar-refractivity contribution >= 4 is 5.97 Å². The molecule has 2 aliphatic rings. The minimum Gasteiger partial charge on any atom is -0.480 e. The molecular formula is C16H21NO2. The molecule has 2 fully saturated rings. The van der Waals surface area contributed by atoms with E-state index in [1.165, 1.54) is 31.2 Å². The van der Waals surface area contributed by atoms with Crippen LogP contribution in [0.1, 0.15) is 37.7 Å². The van der Waals surface area contributed by atoms with Crippen LogP contribution in [0.5, 0.6) is 0 Å². The first-order chi connectivity index (χ1) is 9.25. The van der Waals surface area contributed by atoms with Crippen molar-refractivity contribution in [1.29, 1.82) is 0 Å². The molecule has 1 aromatic carbocycles. The summed E-state index contributed by atoms with van der Waals surface area (Å²) in [7, 11) is 0. The molecule has 1 aliphatic carbocycles. The topological polar surface area (TPSA) is 40.5 Å². The van der Waals surface area contributed by atoms with Crippen molar-refractivity contribution in [3.63, 3.8) is 0 Å². The first-order valence-corrected chi connectivity index (χ1v) is 7.28. The second-order valence-corrected chi connectivity index (χ2v) is 5.86. The number of likely N-dealkylation sites (tertiary alicyclic amines) is 1. The van der Waals surface area contributed by atoms with Crippen molar-refractivity contribution in [2.45, 2.75) is 50.7 Å². The van der Waals surface area contributed by atoms with E-state index in [9.17, 15) is 9.90 Å². The van der Waals surface area contributed by atoms with E-state index in [1.54, 1.807) is 0 Å². The maximum atomic E-state index is 11.5. The van der Waals surface area contributed by atoms with E-state index < -0.39 is 5.97 Å². The molecule has 0 amide bonds. The first kappa shape index (κ1) is 12.7. The Bertz CT molecular complexity index is 445. The number of rotatable bonds is 3. The van der Waals surface area contributed by atoms with Gasteiger partial charge in [0.1, 0.15) is 6.04 Å². The zero-order valence-electron chi connectivity index (χ0n) is 11.2. The van der Waals surface area contributed by atoms with Crippen molar-refractivity contribution in [2.75, 3.05) is 0 Å². The highest BCUT2D eigenvalue weighted by Crippen LogP contribution is 2.40. The van der Waals surface area contributed by atoms with Gasteiger partial charge < -0.3 is 5.11 Å². The van der Waals surface area contributed by atoms with Gasteiger partial charge in [-0.2, -0.15) is 0 Å². The second kappa shape index (κ2) is 5.33. The molecule has 0 spiro atoms. The normalized spacial score (nSPS) is 31.1. The standard InChI is InChI=1S/C16H21NO2/c18-16(19)15-10-13-8-4-5-9-14(13)17(15)11-12-6-2-1-3-7-12/h1-3,6-7,13-15H,4-5,8-11H2,(H,18,19)/t13-,14-,15+/m1/s1. The quantitative estimate of drug-likeness (QED) is 0.907. The molecule has 1 heterocycles. The van der Waals surface area contributed by atoms with E-state index in [4.69, 9.17) is 0 Å². The van der Waals surface area contributed by atoms with Crippen LogP contribution in [0.4, 0.5) is 0 Å². The Kier molecular flexibility index (Phi) is 3.56. The lowest BCUT2D eigenvalue weighted by atomic mass is 9.84. The predicted molar refractivity (Wildman–Crippen MR) is 73.8 cm³/mol. The van der Waals surface area contributed by atoms with Crippen molar-refractivity contribution < 1.29 is 9.90 Å². The summed E-state index contributed by atoms with van der Waals surface area (Å²) in [4.78, 5) is 13.7. The van der Waals surface area contributed by atoms with Gasteiger partial charge in [-0.3, -0.25) is 9.69 Å². The Balaban J connectivity index is 1.80. The van der Waals surface area contributed by atoms with Gasteiger partial charge in [0.25, 0.3) is 0 Å².